The minimum absolute atomic E-state index is 0.0175. The summed E-state index contributed by atoms with van der Waals surface area (Å²) in [5.41, 5.74) is 0. The fourth-order valence-corrected chi connectivity index (χ4v) is 0.526. The Morgan fingerprint density at radius 2 is 2.10 bits per heavy atom. The van der Waals surface area contributed by atoms with Crippen LogP contribution in [0.1, 0.15) is 20.8 Å². The molecule has 2 unspecified atom stereocenters. The number of hydrogen-bond donors (Lipinski definition) is 1. The molecular weight excluding hydrogens is 132 g/mol. The topological polar surface area (TPSA) is 46.5 Å². The van der Waals surface area contributed by atoms with E-state index in [-0.39, 0.29) is 24.6 Å². The number of hydrogen-bond acceptors (Lipinski definition) is 3. The lowest BCUT2D eigenvalue weighted by molar-refractivity contribution is -0.148. The molecule has 2 atom stereocenters. The van der Waals surface area contributed by atoms with Crippen LogP contribution in [0.25, 0.3) is 0 Å². The smallest absolute Gasteiger partial charge is 0.302 e. The zero-order valence-corrected chi connectivity index (χ0v) is 6.63. The summed E-state index contributed by atoms with van der Waals surface area (Å²) in [6, 6.07) is 0. The molecule has 3 nitrogen and oxygen atoms in total. The van der Waals surface area contributed by atoms with Crippen molar-refractivity contribution in [3.8, 4) is 0 Å². The van der Waals surface area contributed by atoms with Gasteiger partial charge in [0.25, 0.3) is 0 Å². The zero-order chi connectivity index (χ0) is 8.15. The van der Waals surface area contributed by atoms with Crippen LogP contribution in [0.5, 0.6) is 0 Å². The fourth-order valence-electron chi connectivity index (χ4n) is 0.526. The Morgan fingerprint density at radius 1 is 1.60 bits per heavy atom. The third-order valence-electron chi connectivity index (χ3n) is 1.44. The van der Waals surface area contributed by atoms with Crippen molar-refractivity contribution in [2.75, 3.05) is 6.61 Å². The Morgan fingerprint density at radius 3 is 2.40 bits per heavy atom. The van der Waals surface area contributed by atoms with Crippen molar-refractivity contribution in [1.29, 1.82) is 0 Å². The Bertz CT molecular complexity index is 111. The number of carbonyl (C=O) groups excluding carboxylic acids is 1. The number of carbonyl (C=O) groups is 1. The number of rotatable bonds is 3. The number of ether oxygens (including phenoxy) is 1. The first-order chi connectivity index (χ1) is 4.57. The summed E-state index contributed by atoms with van der Waals surface area (Å²) in [4.78, 5) is 10.4. The first-order valence-electron chi connectivity index (χ1n) is 3.36. The average molecular weight is 146 g/mol. The lowest BCUT2D eigenvalue weighted by Gasteiger charge is -2.16. The second-order valence-electron chi connectivity index (χ2n) is 2.47. The first kappa shape index (κ1) is 9.43. The van der Waals surface area contributed by atoms with Crippen molar-refractivity contribution < 1.29 is 14.6 Å². The van der Waals surface area contributed by atoms with Gasteiger partial charge in [0.05, 0.1) is 0 Å². The van der Waals surface area contributed by atoms with E-state index in [0.717, 1.165) is 0 Å². The summed E-state index contributed by atoms with van der Waals surface area (Å²) in [5, 5.41) is 8.63. The molecule has 0 heterocycles. The second kappa shape index (κ2) is 4.28. The minimum Gasteiger partial charge on any atom is -0.462 e. The van der Waals surface area contributed by atoms with E-state index in [2.05, 4.69) is 0 Å². The van der Waals surface area contributed by atoms with Gasteiger partial charge in [-0.15, -0.1) is 0 Å². The molecule has 0 fully saturated rings. The molecule has 3 heteroatoms. The second-order valence-corrected chi connectivity index (χ2v) is 2.47. The zero-order valence-electron chi connectivity index (χ0n) is 6.63. The normalized spacial score (nSPS) is 16.0. The summed E-state index contributed by atoms with van der Waals surface area (Å²) >= 11 is 0. The van der Waals surface area contributed by atoms with Crippen LogP contribution < -0.4 is 0 Å². The standard InChI is InChI=1S/C7H14O3/c1-5(4-8)6(2)10-7(3)9/h5-6,8H,4H2,1-3H3. The van der Waals surface area contributed by atoms with E-state index in [4.69, 9.17) is 9.84 Å². The summed E-state index contributed by atoms with van der Waals surface area (Å²) in [7, 11) is 0. The monoisotopic (exact) mass is 146 g/mol. The van der Waals surface area contributed by atoms with Crippen molar-refractivity contribution in [1.82, 2.24) is 0 Å². The summed E-state index contributed by atoms with van der Waals surface area (Å²) in [5.74, 6) is -0.281. The van der Waals surface area contributed by atoms with E-state index in [0.29, 0.717) is 0 Å². The molecule has 0 spiro atoms. The van der Waals surface area contributed by atoms with Gasteiger partial charge < -0.3 is 9.84 Å². The number of aliphatic hydroxyl groups is 1. The van der Waals surface area contributed by atoms with Gasteiger partial charge in [0.2, 0.25) is 0 Å². The highest BCUT2D eigenvalue weighted by atomic mass is 16.5. The maximum atomic E-state index is 10.4. The van der Waals surface area contributed by atoms with Gasteiger partial charge in [-0.1, -0.05) is 6.92 Å². The lowest BCUT2D eigenvalue weighted by Crippen LogP contribution is -2.23. The van der Waals surface area contributed by atoms with E-state index in [9.17, 15) is 4.79 Å². The quantitative estimate of drug-likeness (QED) is 0.592. The highest BCUT2D eigenvalue weighted by molar-refractivity contribution is 5.66. The van der Waals surface area contributed by atoms with Crippen molar-refractivity contribution in [2.45, 2.75) is 26.9 Å². The minimum atomic E-state index is -0.298. The van der Waals surface area contributed by atoms with Crippen LogP contribution in [-0.4, -0.2) is 23.8 Å². The summed E-state index contributed by atoms with van der Waals surface area (Å²) in [6.45, 7) is 5.00. The number of aliphatic hydroxyl groups excluding tert-OH is 1. The summed E-state index contributed by atoms with van der Waals surface area (Å²) < 4.78 is 4.80. The molecular formula is C7H14O3. The van der Waals surface area contributed by atoms with Gasteiger partial charge in [-0.2, -0.15) is 0 Å². The maximum Gasteiger partial charge on any atom is 0.302 e. The lowest BCUT2D eigenvalue weighted by atomic mass is 10.1. The van der Waals surface area contributed by atoms with Crippen LogP contribution in [-0.2, 0) is 9.53 Å². The molecule has 0 aliphatic carbocycles. The predicted octanol–water partition coefficient (Wildman–Crippen LogP) is 0.566. The molecule has 0 aromatic rings. The van der Waals surface area contributed by atoms with E-state index >= 15 is 0 Å². The molecule has 0 aromatic heterocycles. The van der Waals surface area contributed by atoms with Gasteiger partial charge in [-0.05, 0) is 6.92 Å². The highest BCUT2D eigenvalue weighted by Gasteiger charge is 2.12. The third-order valence-corrected chi connectivity index (χ3v) is 1.44. The van der Waals surface area contributed by atoms with Crippen LogP contribution in [0.15, 0.2) is 0 Å². The van der Waals surface area contributed by atoms with E-state index < -0.39 is 0 Å². The molecule has 0 aliphatic heterocycles. The fraction of sp³-hybridized carbons (Fsp3) is 0.857. The van der Waals surface area contributed by atoms with Gasteiger partial charge in [0.15, 0.2) is 0 Å². The van der Waals surface area contributed by atoms with Gasteiger partial charge in [0.1, 0.15) is 6.10 Å². The highest BCUT2D eigenvalue weighted by Crippen LogP contribution is 2.05. The van der Waals surface area contributed by atoms with Crippen LogP contribution >= 0.6 is 0 Å². The Hall–Kier alpha value is -0.570. The summed E-state index contributed by atoms with van der Waals surface area (Å²) in [6.07, 6.45) is -0.192. The van der Waals surface area contributed by atoms with Gasteiger partial charge in [-0.25, -0.2) is 0 Å². The number of esters is 1. The Balaban J connectivity index is 3.61. The van der Waals surface area contributed by atoms with Crippen LogP contribution in [0.4, 0.5) is 0 Å². The van der Waals surface area contributed by atoms with Crippen molar-refractivity contribution in [3.05, 3.63) is 0 Å². The van der Waals surface area contributed by atoms with Crippen molar-refractivity contribution in [3.63, 3.8) is 0 Å². The molecule has 0 saturated heterocycles. The molecule has 0 rings (SSSR count). The van der Waals surface area contributed by atoms with Gasteiger partial charge in [0, 0.05) is 19.4 Å². The molecule has 1 N–H and O–H groups in total. The molecule has 0 aromatic carbocycles. The van der Waals surface area contributed by atoms with Crippen LogP contribution in [0.2, 0.25) is 0 Å². The molecule has 0 bridgehead atoms. The Labute approximate surface area is 61.0 Å². The molecule has 0 aliphatic rings. The van der Waals surface area contributed by atoms with E-state index in [1.165, 1.54) is 6.92 Å². The predicted molar refractivity (Wildman–Crippen MR) is 37.5 cm³/mol. The molecule has 60 valence electrons. The van der Waals surface area contributed by atoms with Crippen LogP contribution in [0.3, 0.4) is 0 Å². The van der Waals surface area contributed by atoms with Gasteiger partial charge in [-0.3, -0.25) is 4.79 Å². The third kappa shape index (κ3) is 3.45. The van der Waals surface area contributed by atoms with Crippen LogP contribution in [0, 0.1) is 5.92 Å². The molecule has 0 radical (unpaired) electrons. The largest absolute Gasteiger partial charge is 0.462 e. The van der Waals surface area contributed by atoms with Crippen molar-refractivity contribution in [2.24, 2.45) is 5.92 Å². The molecule has 0 saturated carbocycles. The Kier molecular flexibility index (Phi) is 4.03. The first-order valence-corrected chi connectivity index (χ1v) is 3.36. The van der Waals surface area contributed by atoms with Gasteiger partial charge >= 0.3 is 5.97 Å². The average Bonchev–Trinajstić information content (AvgIpc) is 1.85. The SMILES string of the molecule is CC(=O)OC(C)C(C)CO. The molecule has 0 amide bonds. The van der Waals surface area contributed by atoms with E-state index in [1.54, 1.807) is 6.92 Å². The van der Waals surface area contributed by atoms with Crippen molar-refractivity contribution >= 4 is 5.97 Å². The maximum absolute atomic E-state index is 10.4. The molecule has 10 heavy (non-hydrogen) atoms. The van der Waals surface area contributed by atoms with E-state index in [1.807, 2.05) is 6.92 Å².